The van der Waals surface area contributed by atoms with Gasteiger partial charge in [0.15, 0.2) is 6.10 Å². The third-order valence-corrected chi connectivity index (χ3v) is 4.41. The Morgan fingerprint density at radius 1 is 0.966 bits per heavy atom. The van der Waals surface area contributed by atoms with Gasteiger partial charge in [-0.3, -0.25) is 0 Å². The molecule has 3 aromatic carbocycles. The quantitative estimate of drug-likeness (QED) is 0.454. The van der Waals surface area contributed by atoms with Crippen LogP contribution in [0.1, 0.15) is 12.5 Å². The van der Waals surface area contributed by atoms with E-state index in [-0.39, 0.29) is 10.8 Å². The molecule has 0 aromatic heterocycles. The molecule has 0 aliphatic heterocycles. The van der Waals surface area contributed by atoms with Crippen LogP contribution in [-0.4, -0.2) is 19.2 Å². The van der Waals surface area contributed by atoms with E-state index in [0.29, 0.717) is 11.5 Å². The lowest BCUT2D eigenvalue weighted by Gasteiger charge is -2.14. The van der Waals surface area contributed by atoms with E-state index in [0.717, 1.165) is 22.9 Å². The first-order chi connectivity index (χ1) is 13.7. The highest BCUT2D eigenvalue weighted by atomic mass is 35.5. The fourth-order valence-corrected chi connectivity index (χ4v) is 2.86. The second-order valence-corrected chi connectivity index (χ2v) is 6.61. The predicted octanol–water partition coefficient (Wildman–Crippen LogP) is 6.24. The molecule has 3 aromatic rings. The minimum Gasteiger partial charge on any atom is -0.479 e. The van der Waals surface area contributed by atoms with E-state index in [4.69, 9.17) is 21.1 Å². The molecule has 0 heterocycles. The van der Waals surface area contributed by atoms with E-state index in [1.807, 2.05) is 6.07 Å². The second kappa shape index (κ2) is 8.21. The Hall–Kier alpha value is -2.93. The minimum atomic E-state index is -4.48. The van der Waals surface area contributed by atoms with Crippen LogP contribution >= 0.6 is 11.6 Å². The number of benzene rings is 3. The number of carbonyl (C=O) groups excluding carboxylic acids is 1. The van der Waals surface area contributed by atoms with Crippen LogP contribution < -0.4 is 9.47 Å². The molecule has 0 aliphatic carbocycles. The van der Waals surface area contributed by atoms with Crippen molar-refractivity contribution < 1.29 is 32.2 Å². The number of esters is 1. The highest BCUT2D eigenvalue weighted by Gasteiger charge is 2.31. The fraction of sp³-hybridized carbons (Fsp3) is 0.190. The number of hydrogen-bond donors (Lipinski definition) is 0. The maximum absolute atomic E-state index is 12.8. The van der Waals surface area contributed by atoms with Gasteiger partial charge in [-0.2, -0.15) is 13.2 Å². The monoisotopic (exact) mass is 424 g/mol. The van der Waals surface area contributed by atoms with Crippen LogP contribution in [0.3, 0.4) is 0 Å². The van der Waals surface area contributed by atoms with Gasteiger partial charge in [-0.25, -0.2) is 4.79 Å². The molecule has 0 amide bonds. The molecule has 0 saturated heterocycles. The summed E-state index contributed by atoms with van der Waals surface area (Å²) in [4.78, 5) is 11.5. The Balaban J connectivity index is 1.84. The van der Waals surface area contributed by atoms with Crippen LogP contribution in [0, 0.1) is 0 Å². The van der Waals surface area contributed by atoms with Gasteiger partial charge in [0, 0.05) is 0 Å². The lowest BCUT2D eigenvalue weighted by molar-refractivity contribution is -0.147. The van der Waals surface area contributed by atoms with E-state index in [2.05, 4.69) is 4.74 Å². The molecule has 29 heavy (non-hydrogen) atoms. The van der Waals surface area contributed by atoms with Gasteiger partial charge in [0.1, 0.15) is 17.2 Å². The van der Waals surface area contributed by atoms with Crippen molar-refractivity contribution in [1.82, 2.24) is 0 Å². The van der Waals surface area contributed by atoms with E-state index >= 15 is 0 Å². The molecule has 0 saturated carbocycles. The summed E-state index contributed by atoms with van der Waals surface area (Å²) in [6, 6.07) is 13.3. The lowest BCUT2D eigenvalue weighted by atomic mass is 10.1. The summed E-state index contributed by atoms with van der Waals surface area (Å²) >= 11 is 5.94. The molecular weight excluding hydrogens is 409 g/mol. The van der Waals surface area contributed by atoms with E-state index < -0.39 is 23.8 Å². The van der Waals surface area contributed by atoms with Crippen LogP contribution in [0.25, 0.3) is 10.8 Å². The van der Waals surface area contributed by atoms with Crippen molar-refractivity contribution in [3.8, 4) is 17.2 Å². The van der Waals surface area contributed by atoms with Crippen molar-refractivity contribution in [2.75, 3.05) is 7.11 Å². The third-order valence-electron chi connectivity index (χ3n) is 4.12. The minimum absolute atomic E-state index is 0.103. The molecule has 3 rings (SSSR count). The average molecular weight is 425 g/mol. The van der Waals surface area contributed by atoms with Crippen LogP contribution in [-0.2, 0) is 15.7 Å². The molecule has 8 heteroatoms. The zero-order valence-electron chi connectivity index (χ0n) is 15.4. The number of alkyl halides is 3. The molecule has 0 fully saturated rings. The normalized spacial score (nSPS) is 12.5. The number of carbonyl (C=O) groups is 1. The zero-order valence-corrected chi connectivity index (χ0v) is 16.2. The maximum Gasteiger partial charge on any atom is 0.416 e. The zero-order chi connectivity index (χ0) is 21.2. The Labute approximate surface area is 169 Å². The first kappa shape index (κ1) is 20.8. The van der Waals surface area contributed by atoms with E-state index in [9.17, 15) is 18.0 Å². The summed E-state index contributed by atoms with van der Waals surface area (Å²) < 4.78 is 54.1. The number of hydrogen-bond acceptors (Lipinski definition) is 4. The summed E-state index contributed by atoms with van der Waals surface area (Å²) in [5.41, 5.74) is -0.852. The highest BCUT2D eigenvalue weighted by Crippen LogP contribution is 2.37. The molecule has 152 valence electrons. The standard InChI is InChI=1S/C21H16ClF3O4/c1-12(20(26)27-2)28-16-6-3-13-4-7-17(10-14(13)9-16)29-19-8-5-15(11-18(19)22)21(23,24)25/h3-12H,1-2H3. The Bertz CT molecular complexity index is 1050. The first-order valence-corrected chi connectivity index (χ1v) is 8.88. The summed E-state index contributed by atoms with van der Waals surface area (Å²) in [6.45, 7) is 1.57. The van der Waals surface area contributed by atoms with Gasteiger partial charge < -0.3 is 14.2 Å². The number of halogens is 4. The van der Waals surface area contributed by atoms with Gasteiger partial charge in [0.05, 0.1) is 17.7 Å². The molecule has 0 aliphatic rings. The van der Waals surface area contributed by atoms with Crippen LogP contribution in [0.2, 0.25) is 5.02 Å². The summed E-state index contributed by atoms with van der Waals surface area (Å²) in [6.07, 6.45) is -5.26. The number of rotatable bonds is 5. The second-order valence-electron chi connectivity index (χ2n) is 6.20. The molecule has 1 unspecified atom stereocenters. The number of fused-ring (bicyclic) bond motifs is 1. The van der Waals surface area contributed by atoms with E-state index in [1.165, 1.54) is 13.2 Å². The largest absolute Gasteiger partial charge is 0.479 e. The molecule has 0 bridgehead atoms. The van der Waals surface area contributed by atoms with Gasteiger partial charge >= 0.3 is 12.1 Å². The predicted molar refractivity (Wildman–Crippen MR) is 103 cm³/mol. The van der Waals surface area contributed by atoms with Crippen molar-refractivity contribution in [3.05, 3.63) is 65.2 Å². The Morgan fingerprint density at radius 2 is 1.62 bits per heavy atom. The van der Waals surface area contributed by atoms with Crippen molar-refractivity contribution in [1.29, 1.82) is 0 Å². The molecular formula is C21H16ClF3O4. The molecule has 0 N–H and O–H groups in total. The maximum atomic E-state index is 12.8. The smallest absolute Gasteiger partial charge is 0.416 e. The van der Waals surface area contributed by atoms with Crippen LogP contribution in [0.5, 0.6) is 17.2 Å². The third kappa shape index (κ3) is 4.92. The lowest BCUT2D eigenvalue weighted by Crippen LogP contribution is -2.24. The average Bonchev–Trinajstić information content (AvgIpc) is 2.67. The number of methoxy groups -OCH3 is 1. The van der Waals surface area contributed by atoms with Gasteiger partial charge in [-0.1, -0.05) is 23.7 Å². The Kier molecular flexibility index (Phi) is 5.88. The van der Waals surface area contributed by atoms with Crippen molar-refractivity contribution in [3.63, 3.8) is 0 Å². The summed E-state index contributed by atoms with van der Waals surface area (Å²) in [7, 11) is 1.28. The fourth-order valence-electron chi connectivity index (χ4n) is 2.64. The highest BCUT2D eigenvalue weighted by molar-refractivity contribution is 6.32. The SMILES string of the molecule is COC(=O)C(C)Oc1ccc2ccc(Oc3ccc(C(F)(F)F)cc3Cl)cc2c1. The van der Waals surface area contributed by atoms with Gasteiger partial charge in [0.25, 0.3) is 0 Å². The topological polar surface area (TPSA) is 44.8 Å². The van der Waals surface area contributed by atoms with Crippen LogP contribution in [0.15, 0.2) is 54.6 Å². The molecule has 4 nitrogen and oxygen atoms in total. The molecule has 0 spiro atoms. The van der Waals surface area contributed by atoms with Gasteiger partial charge in [-0.15, -0.1) is 0 Å². The van der Waals surface area contributed by atoms with Crippen molar-refractivity contribution >= 4 is 28.3 Å². The summed E-state index contributed by atoms with van der Waals surface area (Å²) in [5.74, 6) is 0.447. The molecule has 1 atom stereocenters. The van der Waals surface area contributed by atoms with Crippen molar-refractivity contribution in [2.45, 2.75) is 19.2 Å². The van der Waals surface area contributed by atoms with Gasteiger partial charge in [-0.05, 0) is 60.2 Å². The van der Waals surface area contributed by atoms with Crippen molar-refractivity contribution in [2.24, 2.45) is 0 Å². The number of ether oxygens (including phenoxy) is 3. The first-order valence-electron chi connectivity index (χ1n) is 8.50. The van der Waals surface area contributed by atoms with Crippen LogP contribution in [0.4, 0.5) is 13.2 Å². The van der Waals surface area contributed by atoms with E-state index in [1.54, 1.807) is 37.3 Å². The Morgan fingerprint density at radius 3 is 2.24 bits per heavy atom. The van der Waals surface area contributed by atoms with Gasteiger partial charge in [0.2, 0.25) is 0 Å². The summed E-state index contributed by atoms with van der Waals surface area (Å²) in [5, 5.41) is 1.48. The molecule has 0 radical (unpaired) electrons.